The molecular formula is C23H27NO3Si. The van der Waals surface area contributed by atoms with Crippen LogP contribution in [0.2, 0.25) is 25.2 Å². The number of imide groups is 1. The summed E-state index contributed by atoms with van der Waals surface area (Å²) in [5.74, 6) is 1.61. The predicted molar refractivity (Wildman–Crippen MR) is 107 cm³/mol. The number of para-hydroxylation sites is 1. The zero-order valence-corrected chi connectivity index (χ0v) is 17.7. The number of hydrogen-bond acceptors (Lipinski definition) is 3. The van der Waals surface area contributed by atoms with Crippen molar-refractivity contribution < 1.29 is 14.3 Å². The number of carbonyl (C=O) groups excluding carboxylic acids is 2. The van der Waals surface area contributed by atoms with Crippen LogP contribution < -0.4 is 4.90 Å². The molecule has 2 aliphatic heterocycles. The molecule has 2 amide bonds. The van der Waals surface area contributed by atoms with Crippen LogP contribution >= 0.6 is 0 Å². The quantitative estimate of drug-likeness (QED) is 0.437. The monoisotopic (exact) mass is 393 g/mol. The average Bonchev–Trinajstić information content (AvgIpc) is 3.06. The highest BCUT2D eigenvalue weighted by molar-refractivity contribution is 6.78. The van der Waals surface area contributed by atoms with Crippen molar-refractivity contribution in [3.63, 3.8) is 0 Å². The lowest BCUT2D eigenvalue weighted by Crippen LogP contribution is -2.46. The van der Waals surface area contributed by atoms with Gasteiger partial charge in [-0.25, -0.2) is 0 Å². The van der Waals surface area contributed by atoms with Gasteiger partial charge in [0.1, 0.15) is 11.2 Å². The molecule has 6 aliphatic rings. The van der Waals surface area contributed by atoms with E-state index in [4.69, 9.17) is 4.74 Å². The molecule has 4 nitrogen and oxygen atoms in total. The highest BCUT2D eigenvalue weighted by Crippen LogP contribution is 2.90. The van der Waals surface area contributed by atoms with Gasteiger partial charge in [0.25, 0.3) is 0 Å². The molecule has 4 saturated carbocycles. The van der Waals surface area contributed by atoms with Gasteiger partial charge in [-0.05, 0) is 48.8 Å². The Morgan fingerprint density at radius 3 is 1.96 bits per heavy atom. The zero-order chi connectivity index (χ0) is 19.2. The van der Waals surface area contributed by atoms with Gasteiger partial charge >= 0.3 is 0 Å². The Labute approximate surface area is 166 Å². The maximum absolute atomic E-state index is 13.7. The van der Waals surface area contributed by atoms with Crippen LogP contribution in [0.5, 0.6) is 0 Å². The van der Waals surface area contributed by atoms with Crippen LogP contribution in [0.4, 0.5) is 5.69 Å². The molecule has 5 heteroatoms. The molecule has 2 saturated heterocycles. The summed E-state index contributed by atoms with van der Waals surface area (Å²) in [6.07, 6.45) is 3.79. The number of fused-ring (bicyclic) bond motifs is 7. The van der Waals surface area contributed by atoms with Crippen molar-refractivity contribution >= 4 is 25.6 Å². The number of anilines is 1. The molecule has 2 heterocycles. The minimum absolute atomic E-state index is 0.0539. The molecule has 6 fully saturated rings. The Kier molecular flexibility index (Phi) is 2.62. The van der Waals surface area contributed by atoms with E-state index in [2.05, 4.69) is 19.6 Å². The maximum atomic E-state index is 13.7. The first-order valence-electron chi connectivity index (χ1n) is 11.0. The highest BCUT2D eigenvalue weighted by Gasteiger charge is 2.98. The van der Waals surface area contributed by atoms with Crippen molar-refractivity contribution in [3.8, 4) is 0 Å². The van der Waals surface area contributed by atoms with E-state index in [-0.39, 0.29) is 46.7 Å². The normalized spacial score (nSPS) is 52.2. The third-order valence-corrected chi connectivity index (χ3v) is 12.2. The number of carbonyl (C=O) groups is 2. The number of nitrogens with zero attached hydrogens (tertiary/aromatic N) is 1. The number of ether oxygens (including phenoxy) is 1. The largest absolute Gasteiger partial charge is 0.361 e. The predicted octanol–water partition coefficient (Wildman–Crippen LogP) is 3.70. The van der Waals surface area contributed by atoms with Crippen LogP contribution in [0.25, 0.3) is 0 Å². The molecule has 7 rings (SSSR count). The first-order valence-corrected chi connectivity index (χ1v) is 14.5. The van der Waals surface area contributed by atoms with E-state index in [0.717, 1.165) is 5.69 Å². The fourth-order valence-electron chi connectivity index (χ4n) is 9.13. The van der Waals surface area contributed by atoms with Crippen LogP contribution in [0, 0.1) is 35.5 Å². The lowest BCUT2D eigenvalue weighted by atomic mass is 9.64. The Morgan fingerprint density at radius 1 is 0.929 bits per heavy atom. The van der Waals surface area contributed by atoms with Gasteiger partial charge < -0.3 is 4.74 Å². The number of rotatable bonds is 2. The molecule has 1 aromatic rings. The Morgan fingerprint density at radius 2 is 1.46 bits per heavy atom. The van der Waals surface area contributed by atoms with Crippen molar-refractivity contribution in [3.05, 3.63) is 30.3 Å². The standard InChI is InChI=1S/C23H27NO3Si/c1-28(2,3)19-17-15-16(21(26)24(20(15)25)14-7-5-4-6-8-14)18(19)23-13-10-9-12(11-13)22(17,23)27-23/h4-8,12-13,15-19H,9-11H2,1-3H3/t12-,13-,15-,16+,17+,18+,19?,22-,23-/m0/s1. The molecule has 146 valence electrons. The van der Waals surface area contributed by atoms with E-state index >= 15 is 0 Å². The van der Waals surface area contributed by atoms with Crippen LogP contribution in [0.3, 0.4) is 0 Å². The molecule has 0 aromatic heterocycles. The summed E-state index contributed by atoms with van der Waals surface area (Å²) in [6.45, 7) is 7.33. The first kappa shape index (κ1) is 16.3. The van der Waals surface area contributed by atoms with Crippen molar-refractivity contribution in [2.75, 3.05) is 4.90 Å². The molecule has 4 aliphatic carbocycles. The zero-order valence-electron chi connectivity index (χ0n) is 16.7. The third-order valence-electron chi connectivity index (χ3n) is 9.50. The summed E-state index contributed by atoms with van der Waals surface area (Å²) < 4.78 is 6.74. The summed E-state index contributed by atoms with van der Waals surface area (Å²) >= 11 is 0. The second-order valence-corrected chi connectivity index (χ2v) is 16.6. The summed E-state index contributed by atoms with van der Waals surface area (Å²) in [5.41, 5.74) is 1.17. The third kappa shape index (κ3) is 1.40. The second-order valence-electron chi connectivity index (χ2n) is 11.2. The van der Waals surface area contributed by atoms with Gasteiger partial charge in [0.15, 0.2) is 0 Å². The molecular weight excluding hydrogens is 366 g/mol. The van der Waals surface area contributed by atoms with Gasteiger partial charge in [0.05, 0.1) is 17.5 Å². The first-order chi connectivity index (χ1) is 13.3. The van der Waals surface area contributed by atoms with Crippen LogP contribution in [0.15, 0.2) is 30.3 Å². The number of hydrogen-bond donors (Lipinski definition) is 0. The Bertz CT molecular complexity index is 893. The molecule has 28 heavy (non-hydrogen) atoms. The summed E-state index contributed by atoms with van der Waals surface area (Å²) in [6, 6.07) is 9.55. The Hall–Kier alpha value is -1.46. The summed E-state index contributed by atoms with van der Waals surface area (Å²) in [5, 5.41) is 0. The van der Waals surface area contributed by atoms with E-state index in [9.17, 15) is 9.59 Å². The highest BCUT2D eigenvalue weighted by atomic mass is 28.3. The number of benzene rings is 1. The number of amides is 2. The Balaban J connectivity index is 1.40. The van der Waals surface area contributed by atoms with Gasteiger partial charge in [0.2, 0.25) is 11.8 Å². The fourth-order valence-corrected chi connectivity index (χ4v) is 12.2. The van der Waals surface area contributed by atoms with E-state index in [0.29, 0.717) is 17.4 Å². The van der Waals surface area contributed by atoms with Gasteiger partial charge in [-0.1, -0.05) is 37.8 Å². The van der Waals surface area contributed by atoms with Crippen molar-refractivity contribution in [1.82, 2.24) is 0 Å². The lowest BCUT2D eigenvalue weighted by molar-refractivity contribution is -0.124. The minimum atomic E-state index is -1.54. The van der Waals surface area contributed by atoms with Crippen molar-refractivity contribution in [2.45, 2.75) is 55.6 Å². The molecule has 0 radical (unpaired) electrons. The van der Waals surface area contributed by atoms with E-state index in [1.165, 1.54) is 24.2 Å². The molecule has 9 atom stereocenters. The van der Waals surface area contributed by atoms with E-state index < -0.39 is 8.07 Å². The van der Waals surface area contributed by atoms with Crippen molar-refractivity contribution in [2.24, 2.45) is 35.5 Å². The topological polar surface area (TPSA) is 49.9 Å². The minimum Gasteiger partial charge on any atom is -0.361 e. The second kappa shape index (κ2) is 4.49. The van der Waals surface area contributed by atoms with Crippen LogP contribution in [-0.4, -0.2) is 31.1 Å². The summed E-state index contributed by atoms with van der Waals surface area (Å²) in [7, 11) is -1.54. The van der Waals surface area contributed by atoms with Gasteiger partial charge in [-0.3, -0.25) is 14.5 Å². The number of epoxide rings is 1. The van der Waals surface area contributed by atoms with E-state index in [1.54, 1.807) is 0 Å². The van der Waals surface area contributed by atoms with Gasteiger partial charge in [-0.15, -0.1) is 0 Å². The SMILES string of the molecule is C[Si](C)(C)C1[C@H]2[C@@H]3C(=O)N(c4ccccc4)C(=O)[C@@H]3[C@H]1[C@]13O[C@@]21[C@H]1CC[C@H]3C1. The van der Waals surface area contributed by atoms with E-state index in [1.807, 2.05) is 30.3 Å². The van der Waals surface area contributed by atoms with Crippen LogP contribution in [-0.2, 0) is 14.3 Å². The smallest absolute Gasteiger partial charge is 0.238 e. The molecule has 1 unspecified atom stereocenters. The average molecular weight is 394 g/mol. The van der Waals surface area contributed by atoms with Gasteiger partial charge in [-0.2, -0.15) is 0 Å². The fraction of sp³-hybridized carbons (Fsp3) is 0.652. The molecule has 4 bridgehead atoms. The molecule has 1 aromatic carbocycles. The van der Waals surface area contributed by atoms with Gasteiger partial charge in [0, 0.05) is 19.9 Å². The molecule has 0 spiro atoms. The lowest BCUT2D eigenvalue weighted by Gasteiger charge is -2.37. The van der Waals surface area contributed by atoms with Crippen molar-refractivity contribution in [1.29, 1.82) is 0 Å². The molecule has 0 N–H and O–H groups in total. The maximum Gasteiger partial charge on any atom is 0.238 e. The summed E-state index contributed by atoms with van der Waals surface area (Å²) in [4.78, 5) is 28.9. The van der Waals surface area contributed by atoms with Crippen LogP contribution in [0.1, 0.15) is 19.3 Å².